The van der Waals surface area contributed by atoms with Crippen LogP contribution in [0.2, 0.25) is 0 Å². The number of benzene rings is 1. The summed E-state index contributed by atoms with van der Waals surface area (Å²) >= 11 is 0. The number of fused-ring (bicyclic) bond motifs is 1. The molecule has 2 aromatic heterocycles. The van der Waals surface area contributed by atoms with Gasteiger partial charge in [-0.25, -0.2) is 0 Å². The fourth-order valence-corrected chi connectivity index (χ4v) is 3.69. The molecule has 0 saturated carbocycles. The molecule has 6 heteroatoms. The highest BCUT2D eigenvalue weighted by Gasteiger charge is 2.21. The SMILES string of the molecule is CC(CNC(=O)c1ccc(Cn2ccccc2=O)o1)N1CCc2ccccc2C1. The number of carbonyl (C=O) groups is 1. The number of pyridine rings is 1. The van der Waals surface area contributed by atoms with Gasteiger partial charge in [-0.2, -0.15) is 0 Å². The number of hydrogen-bond acceptors (Lipinski definition) is 4. The van der Waals surface area contributed by atoms with Gasteiger partial charge in [0.2, 0.25) is 0 Å². The zero-order valence-electron chi connectivity index (χ0n) is 16.5. The van der Waals surface area contributed by atoms with Gasteiger partial charge in [-0.15, -0.1) is 0 Å². The molecule has 1 aliphatic heterocycles. The van der Waals surface area contributed by atoms with E-state index in [2.05, 4.69) is 41.4 Å². The van der Waals surface area contributed by atoms with E-state index in [-0.39, 0.29) is 23.3 Å². The van der Waals surface area contributed by atoms with E-state index in [0.717, 1.165) is 19.5 Å². The number of aromatic nitrogens is 1. The number of carbonyl (C=O) groups excluding carboxylic acids is 1. The summed E-state index contributed by atoms with van der Waals surface area (Å²) < 4.78 is 7.18. The third-order valence-corrected chi connectivity index (χ3v) is 5.45. The van der Waals surface area contributed by atoms with Gasteiger partial charge in [0.05, 0.1) is 6.54 Å². The van der Waals surface area contributed by atoms with Crippen molar-refractivity contribution in [3.63, 3.8) is 0 Å². The van der Waals surface area contributed by atoms with Gasteiger partial charge in [-0.3, -0.25) is 14.5 Å². The Balaban J connectivity index is 1.31. The molecule has 0 spiro atoms. The van der Waals surface area contributed by atoms with E-state index in [1.54, 1.807) is 30.5 Å². The lowest BCUT2D eigenvalue weighted by atomic mass is 9.99. The van der Waals surface area contributed by atoms with E-state index in [1.165, 1.54) is 21.8 Å². The maximum Gasteiger partial charge on any atom is 0.287 e. The van der Waals surface area contributed by atoms with E-state index in [9.17, 15) is 9.59 Å². The van der Waals surface area contributed by atoms with Crippen molar-refractivity contribution in [3.8, 4) is 0 Å². The molecule has 1 aromatic carbocycles. The zero-order valence-corrected chi connectivity index (χ0v) is 16.5. The first-order valence-corrected chi connectivity index (χ1v) is 9.93. The first kappa shape index (κ1) is 19.2. The van der Waals surface area contributed by atoms with Gasteiger partial charge in [0.1, 0.15) is 5.76 Å². The van der Waals surface area contributed by atoms with Crippen LogP contribution in [0.25, 0.3) is 0 Å². The lowest BCUT2D eigenvalue weighted by molar-refractivity contribution is 0.0903. The predicted octanol–water partition coefficient (Wildman–Crippen LogP) is 2.67. The smallest absolute Gasteiger partial charge is 0.287 e. The summed E-state index contributed by atoms with van der Waals surface area (Å²) in [5, 5.41) is 2.97. The molecule has 3 heterocycles. The molecule has 1 amide bonds. The highest BCUT2D eigenvalue weighted by Crippen LogP contribution is 2.20. The Labute approximate surface area is 169 Å². The average Bonchev–Trinajstić information content (AvgIpc) is 3.22. The topological polar surface area (TPSA) is 67.5 Å². The van der Waals surface area contributed by atoms with Crippen LogP contribution >= 0.6 is 0 Å². The van der Waals surface area contributed by atoms with Crippen LogP contribution in [0, 0.1) is 0 Å². The van der Waals surface area contributed by atoms with Crippen molar-refractivity contribution in [3.05, 3.63) is 93.8 Å². The molecule has 0 bridgehead atoms. The molecular weight excluding hydrogens is 366 g/mol. The third-order valence-electron chi connectivity index (χ3n) is 5.45. The maximum atomic E-state index is 12.5. The van der Waals surface area contributed by atoms with Crippen molar-refractivity contribution in [1.29, 1.82) is 0 Å². The van der Waals surface area contributed by atoms with Crippen LogP contribution in [0.3, 0.4) is 0 Å². The first-order chi connectivity index (χ1) is 14.1. The van der Waals surface area contributed by atoms with Crippen LogP contribution in [0.1, 0.15) is 34.4 Å². The molecule has 3 aromatic rings. The largest absolute Gasteiger partial charge is 0.454 e. The Bertz CT molecular complexity index is 1050. The number of nitrogens with zero attached hydrogens (tertiary/aromatic N) is 2. The summed E-state index contributed by atoms with van der Waals surface area (Å²) in [5.74, 6) is 0.602. The Morgan fingerprint density at radius 2 is 1.90 bits per heavy atom. The van der Waals surface area contributed by atoms with E-state index < -0.39 is 0 Å². The molecule has 1 unspecified atom stereocenters. The molecule has 1 N–H and O–H groups in total. The lowest BCUT2D eigenvalue weighted by Crippen LogP contribution is -2.44. The molecule has 1 atom stereocenters. The van der Waals surface area contributed by atoms with Gasteiger partial charge in [-0.05, 0) is 42.7 Å². The van der Waals surface area contributed by atoms with Crippen molar-refractivity contribution in [2.24, 2.45) is 0 Å². The van der Waals surface area contributed by atoms with Crippen molar-refractivity contribution in [1.82, 2.24) is 14.8 Å². The van der Waals surface area contributed by atoms with Crippen LogP contribution in [-0.2, 0) is 19.5 Å². The number of nitrogens with one attached hydrogen (secondary N) is 1. The van der Waals surface area contributed by atoms with E-state index >= 15 is 0 Å². The minimum atomic E-state index is -0.235. The van der Waals surface area contributed by atoms with Gasteiger partial charge >= 0.3 is 0 Å². The second kappa shape index (κ2) is 8.49. The zero-order chi connectivity index (χ0) is 20.2. The van der Waals surface area contributed by atoms with Crippen LogP contribution in [0.5, 0.6) is 0 Å². The maximum absolute atomic E-state index is 12.5. The first-order valence-electron chi connectivity index (χ1n) is 9.93. The summed E-state index contributed by atoms with van der Waals surface area (Å²) in [6.45, 7) is 4.88. The molecular formula is C23H25N3O3. The molecule has 0 fully saturated rings. The molecule has 1 aliphatic rings. The number of furan rings is 1. The Hall–Kier alpha value is -3.12. The fourth-order valence-electron chi connectivity index (χ4n) is 3.69. The van der Waals surface area contributed by atoms with E-state index in [4.69, 9.17) is 4.42 Å². The standard InChI is InChI=1S/C23H25N3O3/c1-17(25-13-11-18-6-2-3-7-19(18)15-25)14-24-23(28)21-10-9-20(29-21)16-26-12-5-4-8-22(26)27/h2-10,12,17H,11,13-16H2,1H3,(H,24,28). The van der Waals surface area contributed by atoms with Crippen molar-refractivity contribution >= 4 is 5.91 Å². The molecule has 0 radical (unpaired) electrons. The second-order valence-electron chi connectivity index (χ2n) is 7.48. The number of rotatable bonds is 6. The highest BCUT2D eigenvalue weighted by atomic mass is 16.4. The number of hydrogen-bond donors (Lipinski definition) is 1. The van der Waals surface area contributed by atoms with Crippen molar-refractivity contribution < 1.29 is 9.21 Å². The second-order valence-corrected chi connectivity index (χ2v) is 7.48. The molecule has 0 saturated heterocycles. The van der Waals surface area contributed by atoms with Crippen LogP contribution < -0.4 is 10.9 Å². The van der Waals surface area contributed by atoms with Gasteiger partial charge in [0.25, 0.3) is 11.5 Å². The normalized spacial score (nSPS) is 14.9. The van der Waals surface area contributed by atoms with Gasteiger partial charge in [-0.1, -0.05) is 30.3 Å². The lowest BCUT2D eigenvalue weighted by Gasteiger charge is -2.33. The summed E-state index contributed by atoms with van der Waals surface area (Å²) in [6, 6.07) is 17.1. The van der Waals surface area contributed by atoms with Gasteiger partial charge < -0.3 is 14.3 Å². The van der Waals surface area contributed by atoms with Crippen molar-refractivity contribution in [2.75, 3.05) is 13.1 Å². The molecule has 6 nitrogen and oxygen atoms in total. The van der Waals surface area contributed by atoms with E-state index in [0.29, 0.717) is 18.8 Å². The highest BCUT2D eigenvalue weighted by molar-refractivity contribution is 5.91. The predicted molar refractivity (Wildman–Crippen MR) is 111 cm³/mol. The monoisotopic (exact) mass is 391 g/mol. The fraction of sp³-hybridized carbons (Fsp3) is 0.304. The molecule has 150 valence electrons. The Morgan fingerprint density at radius 3 is 2.72 bits per heavy atom. The summed E-state index contributed by atoms with van der Waals surface area (Å²) in [7, 11) is 0. The van der Waals surface area contributed by atoms with Crippen LogP contribution in [0.15, 0.2) is 70.0 Å². The minimum Gasteiger partial charge on any atom is -0.454 e. The van der Waals surface area contributed by atoms with Crippen LogP contribution in [-0.4, -0.2) is 34.5 Å². The minimum absolute atomic E-state index is 0.105. The summed E-state index contributed by atoms with van der Waals surface area (Å²) in [5.41, 5.74) is 2.68. The Morgan fingerprint density at radius 1 is 1.10 bits per heavy atom. The van der Waals surface area contributed by atoms with E-state index in [1.807, 2.05) is 0 Å². The average molecular weight is 391 g/mol. The summed E-state index contributed by atoms with van der Waals surface area (Å²) in [6.07, 6.45) is 2.73. The Kier molecular flexibility index (Phi) is 5.62. The van der Waals surface area contributed by atoms with Gasteiger partial charge in [0, 0.05) is 37.9 Å². The molecule has 0 aliphatic carbocycles. The quantitative estimate of drug-likeness (QED) is 0.702. The van der Waals surface area contributed by atoms with Crippen molar-refractivity contribution in [2.45, 2.75) is 32.5 Å². The van der Waals surface area contributed by atoms with Gasteiger partial charge in [0.15, 0.2) is 5.76 Å². The number of amides is 1. The third kappa shape index (κ3) is 4.49. The molecule has 4 rings (SSSR count). The summed E-state index contributed by atoms with van der Waals surface area (Å²) in [4.78, 5) is 26.7. The van der Waals surface area contributed by atoms with Crippen LogP contribution in [0.4, 0.5) is 0 Å². The molecule has 29 heavy (non-hydrogen) atoms.